The lowest BCUT2D eigenvalue weighted by molar-refractivity contribution is 0.102. The summed E-state index contributed by atoms with van der Waals surface area (Å²) >= 11 is 6.00. The molecule has 4 aromatic rings. The van der Waals surface area contributed by atoms with Crippen molar-refractivity contribution in [1.29, 1.82) is 0 Å². The number of hydrogen-bond donors (Lipinski definition) is 3. The minimum Gasteiger partial charge on any atom is -0.339 e. The van der Waals surface area contributed by atoms with Gasteiger partial charge in [0.2, 0.25) is 0 Å². The number of fused-ring (bicyclic) bond motifs is 1. The van der Waals surface area contributed by atoms with E-state index < -0.39 is 17.0 Å². The molecule has 134 valence electrons. The first kappa shape index (κ1) is 16.8. The standard InChI is InChI=1S/C18H12ClN5O3/c19-11-5-3-4-10(8-11)12-9-14(25)24-16(21-12)15(18(27)23-24)17(26)22-13-6-1-2-7-20-13/h1-9,21H,(H,23,27)(H,20,22,26). The number of pyridine rings is 1. The maximum absolute atomic E-state index is 12.6. The molecule has 3 N–H and O–H groups in total. The van der Waals surface area contributed by atoms with E-state index in [1.54, 1.807) is 42.5 Å². The number of H-pyrrole nitrogens is 2. The van der Waals surface area contributed by atoms with Crippen LogP contribution in [0.15, 0.2) is 64.3 Å². The number of carbonyl (C=O) groups excluding carboxylic acids is 1. The van der Waals surface area contributed by atoms with E-state index in [0.29, 0.717) is 16.3 Å². The van der Waals surface area contributed by atoms with Gasteiger partial charge in [0.15, 0.2) is 5.65 Å². The van der Waals surface area contributed by atoms with Gasteiger partial charge in [-0.05, 0) is 29.8 Å². The number of carbonyl (C=O) groups is 1. The average Bonchev–Trinajstić information content (AvgIpc) is 2.99. The SMILES string of the molecule is O=C(Nc1ccccn1)c1c(=O)[nH]n2c(=O)cc(-c3cccc(Cl)c3)[nH]c12. The normalized spacial score (nSPS) is 10.9. The highest BCUT2D eigenvalue weighted by atomic mass is 35.5. The molecule has 0 saturated carbocycles. The van der Waals surface area contributed by atoms with Crippen LogP contribution in [0.3, 0.4) is 0 Å². The Morgan fingerprint density at radius 3 is 2.70 bits per heavy atom. The van der Waals surface area contributed by atoms with Crippen LogP contribution in [-0.2, 0) is 0 Å². The molecule has 1 aromatic carbocycles. The van der Waals surface area contributed by atoms with E-state index in [2.05, 4.69) is 20.4 Å². The monoisotopic (exact) mass is 381 g/mol. The van der Waals surface area contributed by atoms with Crippen LogP contribution in [0.1, 0.15) is 10.4 Å². The van der Waals surface area contributed by atoms with Crippen molar-refractivity contribution < 1.29 is 4.79 Å². The van der Waals surface area contributed by atoms with E-state index in [4.69, 9.17) is 11.6 Å². The Morgan fingerprint density at radius 1 is 1.11 bits per heavy atom. The number of rotatable bonds is 3. The van der Waals surface area contributed by atoms with E-state index >= 15 is 0 Å². The van der Waals surface area contributed by atoms with Crippen LogP contribution in [0.2, 0.25) is 5.02 Å². The van der Waals surface area contributed by atoms with Crippen LogP contribution in [0.4, 0.5) is 5.82 Å². The van der Waals surface area contributed by atoms with Gasteiger partial charge in [-0.15, -0.1) is 0 Å². The summed E-state index contributed by atoms with van der Waals surface area (Å²) in [5.74, 6) is -0.397. The van der Waals surface area contributed by atoms with Crippen LogP contribution in [0.5, 0.6) is 0 Å². The average molecular weight is 382 g/mol. The van der Waals surface area contributed by atoms with Crippen molar-refractivity contribution in [1.82, 2.24) is 19.6 Å². The van der Waals surface area contributed by atoms with Crippen LogP contribution in [0, 0.1) is 0 Å². The summed E-state index contributed by atoms with van der Waals surface area (Å²) in [4.78, 5) is 44.2. The van der Waals surface area contributed by atoms with Gasteiger partial charge in [-0.1, -0.05) is 29.8 Å². The number of halogens is 1. The zero-order valence-electron chi connectivity index (χ0n) is 13.7. The molecular weight excluding hydrogens is 370 g/mol. The van der Waals surface area contributed by atoms with Gasteiger partial charge in [-0.25, -0.2) is 4.98 Å². The zero-order valence-corrected chi connectivity index (χ0v) is 14.4. The minimum absolute atomic E-state index is 0.0518. The van der Waals surface area contributed by atoms with Gasteiger partial charge < -0.3 is 10.3 Å². The van der Waals surface area contributed by atoms with Crippen molar-refractivity contribution >= 4 is 29.0 Å². The third-order valence-electron chi connectivity index (χ3n) is 3.91. The molecule has 3 aromatic heterocycles. The van der Waals surface area contributed by atoms with Crippen LogP contribution in [-0.4, -0.2) is 25.5 Å². The Kier molecular flexibility index (Phi) is 4.09. The molecule has 27 heavy (non-hydrogen) atoms. The lowest BCUT2D eigenvalue weighted by Gasteiger charge is -2.05. The minimum atomic E-state index is -0.694. The molecular formula is C18H12ClN5O3. The number of amides is 1. The third kappa shape index (κ3) is 3.13. The lowest BCUT2D eigenvalue weighted by atomic mass is 10.1. The Bertz CT molecular complexity index is 1270. The number of nitrogens with zero attached hydrogens (tertiary/aromatic N) is 2. The van der Waals surface area contributed by atoms with E-state index in [1.165, 1.54) is 12.3 Å². The molecule has 8 nitrogen and oxygen atoms in total. The summed E-state index contributed by atoms with van der Waals surface area (Å²) in [6, 6.07) is 13.2. The summed E-state index contributed by atoms with van der Waals surface area (Å²) in [5, 5.41) is 5.39. The number of aromatic amines is 2. The van der Waals surface area contributed by atoms with Gasteiger partial charge in [-0.3, -0.25) is 19.5 Å². The van der Waals surface area contributed by atoms with E-state index in [1.807, 2.05) is 0 Å². The van der Waals surface area contributed by atoms with Gasteiger partial charge in [0, 0.05) is 17.3 Å². The van der Waals surface area contributed by atoms with Crippen molar-refractivity contribution in [2.24, 2.45) is 0 Å². The second-order valence-electron chi connectivity index (χ2n) is 5.70. The van der Waals surface area contributed by atoms with Gasteiger partial charge in [0.1, 0.15) is 11.4 Å². The Hall–Kier alpha value is -3.65. The molecule has 0 radical (unpaired) electrons. The number of anilines is 1. The van der Waals surface area contributed by atoms with Crippen LogP contribution >= 0.6 is 11.6 Å². The second kappa shape index (κ2) is 6.58. The highest BCUT2D eigenvalue weighted by Crippen LogP contribution is 2.20. The van der Waals surface area contributed by atoms with Crippen molar-refractivity contribution in [3.63, 3.8) is 0 Å². The molecule has 0 spiro atoms. The molecule has 9 heteroatoms. The van der Waals surface area contributed by atoms with Crippen molar-refractivity contribution in [3.05, 3.63) is 86.0 Å². The molecule has 3 heterocycles. The molecule has 0 bridgehead atoms. The Balaban J connectivity index is 1.86. The summed E-state index contributed by atoms with van der Waals surface area (Å²) in [6.45, 7) is 0. The van der Waals surface area contributed by atoms with Gasteiger partial charge in [0.05, 0.1) is 5.69 Å². The molecule has 0 unspecified atom stereocenters. The molecule has 1 amide bonds. The fourth-order valence-electron chi connectivity index (χ4n) is 2.71. The van der Waals surface area contributed by atoms with Gasteiger partial charge in [-0.2, -0.15) is 4.52 Å². The third-order valence-corrected chi connectivity index (χ3v) is 4.15. The molecule has 0 saturated heterocycles. The maximum Gasteiger partial charge on any atom is 0.279 e. The first-order valence-electron chi connectivity index (χ1n) is 7.89. The summed E-state index contributed by atoms with van der Waals surface area (Å²) in [5.41, 5.74) is -0.287. The maximum atomic E-state index is 12.6. The molecule has 0 aliphatic rings. The number of benzene rings is 1. The molecule has 0 fully saturated rings. The predicted octanol–water partition coefficient (Wildman–Crippen LogP) is 2.28. The first-order chi connectivity index (χ1) is 13.0. The van der Waals surface area contributed by atoms with Gasteiger partial charge in [0.25, 0.3) is 17.0 Å². The Labute approximate surface area is 156 Å². The topological polar surface area (TPSA) is 112 Å². The lowest BCUT2D eigenvalue weighted by Crippen LogP contribution is -2.20. The van der Waals surface area contributed by atoms with Crippen LogP contribution < -0.4 is 16.4 Å². The molecule has 0 aliphatic heterocycles. The number of aromatic nitrogens is 4. The van der Waals surface area contributed by atoms with Crippen molar-refractivity contribution in [3.8, 4) is 11.3 Å². The largest absolute Gasteiger partial charge is 0.339 e. The van der Waals surface area contributed by atoms with Crippen molar-refractivity contribution in [2.45, 2.75) is 0 Å². The molecule has 0 atom stereocenters. The highest BCUT2D eigenvalue weighted by molar-refractivity contribution is 6.30. The summed E-state index contributed by atoms with van der Waals surface area (Å²) < 4.78 is 0.990. The number of hydrogen-bond acceptors (Lipinski definition) is 4. The quantitative estimate of drug-likeness (QED) is 0.505. The Morgan fingerprint density at radius 2 is 1.96 bits per heavy atom. The summed E-state index contributed by atoms with van der Waals surface area (Å²) in [7, 11) is 0. The van der Waals surface area contributed by atoms with Crippen molar-refractivity contribution in [2.75, 3.05) is 5.32 Å². The number of nitrogens with one attached hydrogen (secondary N) is 3. The molecule has 4 rings (SSSR count). The molecule has 0 aliphatic carbocycles. The van der Waals surface area contributed by atoms with E-state index in [9.17, 15) is 14.4 Å². The van der Waals surface area contributed by atoms with Gasteiger partial charge >= 0.3 is 0 Å². The fourth-order valence-corrected chi connectivity index (χ4v) is 2.90. The fraction of sp³-hybridized carbons (Fsp3) is 0. The predicted molar refractivity (Wildman–Crippen MR) is 101 cm³/mol. The van der Waals surface area contributed by atoms with E-state index in [-0.39, 0.29) is 17.0 Å². The first-order valence-corrected chi connectivity index (χ1v) is 8.27. The van der Waals surface area contributed by atoms with Crippen LogP contribution in [0.25, 0.3) is 16.9 Å². The highest BCUT2D eigenvalue weighted by Gasteiger charge is 2.20. The van der Waals surface area contributed by atoms with E-state index in [0.717, 1.165) is 4.52 Å². The smallest absolute Gasteiger partial charge is 0.279 e. The second-order valence-corrected chi connectivity index (χ2v) is 6.14. The summed E-state index contributed by atoms with van der Waals surface area (Å²) in [6.07, 6.45) is 1.51. The zero-order chi connectivity index (χ0) is 19.0.